The maximum atomic E-state index is 10.2. The van der Waals surface area contributed by atoms with Crippen LogP contribution in [0.15, 0.2) is 0 Å². The smallest absolute Gasteiger partial charge is 0.209 e. The zero-order valence-corrected chi connectivity index (χ0v) is 24.4. The van der Waals surface area contributed by atoms with E-state index in [2.05, 4.69) is 72.7 Å². The summed E-state index contributed by atoms with van der Waals surface area (Å²) in [7, 11) is 4.00. The zero-order chi connectivity index (χ0) is 25.9. The van der Waals surface area contributed by atoms with Crippen molar-refractivity contribution in [3.05, 3.63) is 0 Å². The molecule has 0 aromatic rings. The van der Waals surface area contributed by atoms with Crippen LogP contribution in [0, 0.1) is 17.8 Å². The minimum Gasteiger partial charge on any atom is -0.381 e. The number of nitrogens with one attached hydrogen (secondary N) is 1. The van der Waals surface area contributed by atoms with Crippen molar-refractivity contribution in [2.75, 3.05) is 60.0 Å². The molecule has 0 aliphatic carbocycles. The Morgan fingerprint density at radius 3 is 1.85 bits per heavy atom. The maximum Gasteiger partial charge on any atom is 0.209 e. The van der Waals surface area contributed by atoms with Crippen molar-refractivity contribution in [3.63, 3.8) is 0 Å². The maximum absolute atomic E-state index is 10.2. The molecule has 1 amide bonds. The van der Waals surface area contributed by atoms with Crippen LogP contribution in [-0.4, -0.2) is 76.2 Å². The fourth-order valence-corrected chi connectivity index (χ4v) is 2.93. The molecule has 202 valence electrons. The topological polar surface area (TPSA) is 44.8 Å². The third-order valence-electron chi connectivity index (χ3n) is 4.60. The number of carbonyl (C=O) groups is 1. The van der Waals surface area contributed by atoms with Crippen LogP contribution < -0.4 is 5.32 Å². The second-order valence-electron chi connectivity index (χ2n) is 10.8. The molecular weight excluding hydrogens is 410 g/mol. The first-order chi connectivity index (χ1) is 15.6. The van der Waals surface area contributed by atoms with Crippen LogP contribution in [0.25, 0.3) is 0 Å². The van der Waals surface area contributed by atoms with Gasteiger partial charge < -0.3 is 19.9 Å². The Kier molecular flexibility index (Phi) is 32.9. The Morgan fingerprint density at radius 1 is 0.788 bits per heavy atom. The molecule has 0 unspecified atom stereocenters. The summed E-state index contributed by atoms with van der Waals surface area (Å²) in [5.74, 6) is 2.40. The lowest BCUT2D eigenvalue weighted by atomic mass is 10.1. The number of amides is 1. The zero-order valence-electron chi connectivity index (χ0n) is 24.4. The van der Waals surface area contributed by atoms with Crippen molar-refractivity contribution in [3.8, 4) is 0 Å². The second-order valence-corrected chi connectivity index (χ2v) is 10.8. The first kappa shape index (κ1) is 36.9. The molecule has 0 saturated heterocycles. The molecule has 1 N–H and O–H groups in total. The Labute approximate surface area is 209 Å². The number of unbranched alkanes of at least 4 members (excludes halogenated alkanes) is 3. The van der Waals surface area contributed by atoms with E-state index < -0.39 is 0 Å². The Balaban J connectivity index is -0.000000476. The second kappa shape index (κ2) is 29.4. The van der Waals surface area contributed by atoms with Crippen LogP contribution in [0.5, 0.6) is 0 Å². The highest BCUT2D eigenvalue weighted by Gasteiger charge is 2.00. The van der Waals surface area contributed by atoms with Crippen molar-refractivity contribution in [2.24, 2.45) is 17.8 Å². The lowest BCUT2D eigenvalue weighted by Gasteiger charge is -2.18. The minimum absolute atomic E-state index is 0.773. The van der Waals surface area contributed by atoms with E-state index in [0.717, 1.165) is 57.0 Å². The van der Waals surface area contributed by atoms with Gasteiger partial charge in [-0.15, -0.1) is 0 Å². The lowest BCUT2D eigenvalue weighted by molar-refractivity contribution is -0.116. The first-order valence-electron chi connectivity index (χ1n) is 13.7. The average molecular weight is 474 g/mol. The van der Waals surface area contributed by atoms with Gasteiger partial charge >= 0.3 is 0 Å². The van der Waals surface area contributed by atoms with Gasteiger partial charge in [-0.3, -0.25) is 4.79 Å². The number of hydrogen-bond acceptors (Lipinski definition) is 4. The van der Waals surface area contributed by atoms with E-state index in [9.17, 15) is 4.79 Å². The molecule has 0 aliphatic rings. The number of hydrogen-bond donors (Lipinski definition) is 1. The van der Waals surface area contributed by atoms with Crippen LogP contribution >= 0.6 is 0 Å². The van der Waals surface area contributed by atoms with E-state index in [1.807, 2.05) is 0 Å². The highest BCUT2D eigenvalue weighted by Crippen LogP contribution is 2.01. The standard InChI is InChI=1S/C14H31NO.C10H22N2O.C4H10/c1-5-6-8-11-16-12-9-7-10-15(4)13-14(2)3;1-10(2)5-4-6-11-7-8-12(3)9-13;1-4(2)3/h14H,5-13H2,1-4H3;9-11H,4-8H2,1-3H3;4H,1-3H3. The summed E-state index contributed by atoms with van der Waals surface area (Å²) in [5.41, 5.74) is 0. The van der Waals surface area contributed by atoms with Crippen molar-refractivity contribution < 1.29 is 9.53 Å². The van der Waals surface area contributed by atoms with E-state index in [0.29, 0.717) is 0 Å². The molecule has 0 fully saturated rings. The van der Waals surface area contributed by atoms with Gasteiger partial charge in [-0.2, -0.15) is 0 Å². The summed E-state index contributed by atoms with van der Waals surface area (Å²) in [6.07, 6.45) is 9.63. The molecule has 0 saturated carbocycles. The summed E-state index contributed by atoms with van der Waals surface area (Å²) in [6.45, 7) is 24.8. The van der Waals surface area contributed by atoms with E-state index in [1.165, 1.54) is 58.0 Å². The Morgan fingerprint density at radius 2 is 1.36 bits per heavy atom. The van der Waals surface area contributed by atoms with Crippen LogP contribution in [0.2, 0.25) is 0 Å². The SMILES string of the molecule is CC(C)C.CC(C)CCCNCCN(C)C=O.CCCCCOCCCCN(C)CC(C)C. The molecule has 5 heteroatoms. The number of rotatable bonds is 19. The van der Waals surface area contributed by atoms with Crippen LogP contribution in [-0.2, 0) is 9.53 Å². The molecule has 0 bridgehead atoms. The first-order valence-corrected chi connectivity index (χ1v) is 13.7. The van der Waals surface area contributed by atoms with Gasteiger partial charge in [0.1, 0.15) is 0 Å². The van der Waals surface area contributed by atoms with Gasteiger partial charge in [-0.1, -0.05) is 68.2 Å². The van der Waals surface area contributed by atoms with Gasteiger partial charge in [0.25, 0.3) is 0 Å². The summed E-state index contributed by atoms with van der Waals surface area (Å²) < 4.78 is 5.58. The predicted molar refractivity (Wildman–Crippen MR) is 148 cm³/mol. The molecule has 5 nitrogen and oxygen atoms in total. The molecule has 0 spiro atoms. The molecular formula is C28H63N3O2. The molecule has 0 atom stereocenters. The van der Waals surface area contributed by atoms with Crippen LogP contribution in [0.4, 0.5) is 0 Å². The summed E-state index contributed by atoms with van der Waals surface area (Å²) in [5, 5.41) is 3.31. The highest BCUT2D eigenvalue weighted by molar-refractivity contribution is 5.46. The van der Waals surface area contributed by atoms with Gasteiger partial charge in [0, 0.05) is 39.9 Å². The van der Waals surface area contributed by atoms with Gasteiger partial charge in [0.2, 0.25) is 6.41 Å². The van der Waals surface area contributed by atoms with E-state index >= 15 is 0 Å². The van der Waals surface area contributed by atoms with E-state index in [-0.39, 0.29) is 0 Å². The largest absolute Gasteiger partial charge is 0.381 e. The van der Waals surface area contributed by atoms with Crippen LogP contribution in [0.1, 0.15) is 100 Å². The Bertz CT molecular complexity index is 360. The summed E-state index contributed by atoms with van der Waals surface area (Å²) in [6, 6.07) is 0. The fourth-order valence-electron chi connectivity index (χ4n) is 2.93. The van der Waals surface area contributed by atoms with E-state index in [1.54, 1.807) is 11.9 Å². The quantitative estimate of drug-likeness (QED) is 0.176. The number of ether oxygens (including phenoxy) is 1. The lowest BCUT2D eigenvalue weighted by Crippen LogP contribution is -2.28. The molecule has 0 radical (unpaired) electrons. The summed E-state index contributed by atoms with van der Waals surface area (Å²) >= 11 is 0. The third-order valence-corrected chi connectivity index (χ3v) is 4.60. The highest BCUT2D eigenvalue weighted by atomic mass is 16.5. The number of nitrogens with zero attached hydrogens (tertiary/aromatic N) is 2. The molecule has 33 heavy (non-hydrogen) atoms. The summed E-state index contributed by atoms with van der Waals surface area (Å²) in [4.78, 5) is 14.3. The fraction of sp³-hybridized carbons (Fsp3) is 0.964. The number of carbonyl (C=O) groups excluding carboxylic acids is 1. The van der Waals surface area contributed by atoms with Crippen LogP contribution in [0.3, 0.4) is 0 Å². The van der Waals surface area contributed by atoms with Gasteiger partial charge in [0.15, 0.2) is 0 Å². The molecule has 0 heterocycles. The van der Waals surface area contributed by atoms with Crippen molar-refractivity contribution in [1.29, 1.82) is 0 Å². The minimum atomic E-state index is 0.773. The molecule has 0 aromatic carbocycles. The van der Waals surface area contributed by atoms with Crippen molar-refractivity contribution in [1.82, 2.24) is 15.1 Å². The molecule has 0 aliphatic heterocycles. The normalized spacial score (nSPS) is 10.8. The number of likely N-dealkylation sites (N-methyl/N-ethyl adjacent to an activating group) is 1. The van der Waals surface area contributed by atoms with Gasteiger partial charge in [0.05, 0.1) is 0 Å². The van der Waals surface area contributed by atoms with Crippen molar-refractivity contribution >= 4 is 6.41 Å². The molecule has 0 rings (SSSR count). The van der Waals surface area contributed by atoms with E-state index in [4.69, 9.17) is 4.74 Å². The monoisotopic (exact) mass is 473 g/mol. The van der Waals surface area contributed by atoms with Crippen molar-refractivity contribution in [2.45, 2.75) is 100 Å². The Hall–Kier alpha value is -0.650. The van der Waals surface area contributed by atoms with Gasteiger partial charge in [-0.05, 0) is 70.0 Å². The third kappa shape index (κ3) is 45.5. The average Bonchev–Trinajstić information content (AvgIpc) is 2.71. The molecule has 0 aromatic heterocycles. The predicted octanol–water partition coefficient (Wildman–Crippen LogP) is 6.32. The van der Waals surface area contributed by atoms with Gasteiger partial charge in [-0.25, -0.2) is 0 Å².